The summed E-state index contributed by atoms with van der Waals surface area (Å²) >= 11 is 0. The summed E-state index contributed by atoms with van der Waals surface area (Å²) in [5, 5.41) is 1.33. The molecule has 0 bridgehead atoms. The average Bonchev–Trinajstić information content (AvgIpc) is 2.89. The highest BCUT2D eigenvalue weighted by atomic mass is 35.5. The minimum Gasteiger partial charge on any atom is -0.347 e. The minimum atomic E-state index is -0.0572. The molecule has 0 spiro atoms. The summed E-state index contributed by atoms with van der Waals surface area (Å²) in [5.41, 5.74) is 6.67. The molecule has 0 atom stereocenters. The highest BCUT2D eigenvalue weighted by Gasteiger charge is 2.17. The van der Waals surface area contributed by atoms with Crippen molar-refractivity contribution in [2.45, 2.75) is 39.0 Å². The third-order valence-electron chi connectivity index (χ3n) is 6.07. The molecule has 4 aromatic rings. The lowest BCUT2D eigenvalue weighted by Crippen LogP contribution is -2.16. The molecule has 0 amide bonds. The number of aromatic nitrogens is 4. The van der Waals surface area contributed by atoms with Crippen molar-refractivity contribution in [2.75, 3.05) is 0 Å². The number of hydrogen-bond donors (Lipinski definition) is 0. The van der Waals surface area contributed by atoms with Crippen LogP contribution in [0.4, 0.5) is 0 Å². The molecule has 1 aliphatic carbocycles. The second kappa shape index (κ2) is 8.07. The molecular weight excluding hydrogens is 396 g/mol. The molecule has 3 heterocycles. The molecule has 5 nitrogen and oxygen atoms in total. The lowest BCUT2D eigenvalue weighted by molar-refractivity contribution is 0.698. The molecule has 6 heteroatoms. The van der Waals surface area contributed by atoms with Crippen LogP contribution in [0.5, 0.6) is 0 Å². The fraction of sp³-hybridized carbons (Fsp3) is 0.292. The molecule has 0 N–H and O–H groups in total. The van der Waals surface area contributed by atoms with Crippen LogP contribution in [-0.2, 0) is 19.9 Å². The van der Waals surface area contributed by atoms with E-state index in [-0.39, 0.29) is 18.0 Å². The van der Waals surface area contributed by atoms with Gasteiger partial charge in [0, 0.05) is 48.3 Å². The van der Waals surface area contributed by atoms with Gasteiger partial charge in [0.1, 0.15) is 5.82 Å². The van der Waals surface area contributed by atoms with Crippen LogP contribution >= 0.6 is 12.4 Å². The van der Waals surface area contributed by atoms with E-state index in [0.29, 0.717) is 0 Å². The van der Waals surface area contributed by atoms with Gasteiger partial charge in [-0.1, -0.05) is 12.5 Å². The van der Waals surface area contributed by atoms with Crippen molar-refractivity contribution >= 4 is 23.3 Å². The van der Waals surface area contributed by atoms with Crippen LogP contribution in [0.1, 0.15) is 36.3 Å². The lowest BCUT2D eigenvalue weighted by Gasteiger charge is -2.09. The second-order valence-electron chi connectivity index (χ2n) is 7.89. The lowest BCUT2D eigenvalue weighted by atomic mass is 10.1. The normalized spacial score (nSPS) is 13.5. The van der Waals surface area contributed by atoms with Crippen molar-refractivity contribution in [1.82, 2.24) is 19.1 Å². The van der Waals surface area contributed by atoms with E-state index >= 15 is 0 Å². The Morgan fingerprint density at radius 1 is 0.933 bits per heavy atom. The van der Waals surface area contributed by atoms with Crippen molar-refractivity contribution in [2.24, 2.45) is 7.05 Å². The van der Waals surface area contributed by atoms with E-state index in [1.165, 1.54) is 41.4 Å². The molecule has 0 fully saturated rings. The van der Waals surface area contributed by atoms with Gasteiger partial charge in [0.25, 0.3) is 5.56 Å². The SMILES string of the molecule is Cc1ncc(-c2ccn(-c3ccc4c5c(n(C)c4c3)CCCCC5)c(=O)c2)cn1.Cl. The van der Waals surface area contributed by atoms with Crippen LogP contribution in [0, 0.1) is 6.92 Å². The molecule has 0 unspecified atom stereocenters. The number of fused-ring (bicyclic) bond motifs is 3. The van der Waals surface area contributed by atoms with Gasteiger partial charge < -0.3 is 4.57 Å². The van der Waals surface area contributed by atoms with Crippen molar-refractivity contribution in [3.8, 4) is 16.8 Å². The van der Waals surface area contributed by atoms with E-state index in [0.717, 1.165) is 35.5 Å². The monoisotopic (exact) mass is 420 g/mol. The fourth-order valence-electron chi connectivity index (χ4n) is 4.49. The zero-order valence-electron chi connectivity index (χ0n) is 17.3. The van der Waals surface area contributed by atoms with Gasteiger partial charge in [-0.2, -0.15) is 0 Å². The van der Waals surface area contributed by atoms with Crippen LogP contribution in [0.2, 0.25) is 0 Å². The van der Waals surface area contributed by atoms with Gasteiger partial charge in [-0.15, -0.1) is 12.4 Å². The average molecular weight is 421 g/mol. The number of benzene rings is 1. The molecule has 1 aliphatic rings. The first-order valence-electron chi connectivity index (χ1n) is 10.2. The van der Waals surface area contributed by atoms with Crippen molar-refractivity contribution < 1.29 is 0 Å². The summed E-state index contributed by atoms with van der Waals surface area (Å²) in [4.78, 5) is 21.3. The van der Waals surface area contributed by atoms with Crippen LogP contribution < -0.4 is 5.56 Å². The molecule has 30 heavy (non-hydrogen) atoms. The quantitative estimate of drug-likeness (QED) is 0.438. The van der Waals surface area contributed by atoms with Gasteiger partial charge in [-0.05, 0) is 61.9 Å². The summed E-state index contributed by atoms with van der Waals surface area (Å²) < 4.78 is 4.03. The van der Waals surface area contributed by atoms with E-state index in [1.54, 1.807) is 23.0 Å². The Morgan fingerprint density at radius 3 is 2.47 bits per heavy atom. The molecule has 1 aromatic carbocycles. The number of aryl methyl sites for hydroxylation is 3. The van der Waals surface area contributed by atoms with E-state index in [1.807, 2.05) is 19.2 Å². The van der Waals surface area contributed by atoms with Gasteiger partial charge in [-0.25, -0.2) is 9.97 Å². The Kier molecular flexibility index (Phi) is 5.48. The van der Waals surface area contributed by atoms with Gasteiger partial charge in [0.2, 0.25) is 0 Å². The fourth-order valence-corrected chi connectivity index (χ4v) is 4.49. The van der Waals surface area contributed by atoms with Gasteiger partial charge in [0.15, 0.2) is 0 Å². The number of pyridine rings is 1. The Balaban J connectivity index is 0.00000218. The van der Waals surface area contributed by atoms with Crippen LogP contribution in [-0.4, -0.2) is 19.1 Å². The Labute approximate surface area is 181 Å². The van der Waals surface area contributed by atoms with Crippen LogP contribution in [0.15, 0.2) is 53.7 Å². The molecule has 0 saturated carbocycles. The van der Waals surface area contributed by atoms with Crippen LogP contribution in [0.3, 0.4) is 0 Å². The highest BCUT2D eigenvalue weighted by molar-refractivity contribution is 5.87. The maximum atomic E-state index is 12.9. The predicted molar refractivity (Wildman–Crippen MR) is 123 cm³/mol. The van der Waals surface area contributed by atoms with E-state index in [4.69, 9.17) is 0 Å². The molecule has 0 radical (unpaired) electrons. The number of hydrogen-bond acceptors (Lipinski definition) is 3. The third kappa shape index (κ3) is 3.43. The van der Waals surface area contributed by atoms with Crippen LogP contribution in [0.25, 0.3) is 27.7 Å². The first-order chi connectivity index (χ1) is 14.1. The van der Waals surface area contributed by atoms with E-state index in [2.05, 4.69) is 39.8 Å². The molecule has 154 valence electrons. The molecule has 0 aliphatic heterocycles. The largest absolute Gasteiger partial charge is 0.347 e. The summed E-state index contributed by atoms with van der Waals surface area (Å²) in [5.74, 6) is 0.719. The van der Waals surface area contributed by atoms with Gasteiger partial charge >= 0.3 is 0 Å². The first-order valence-corrected chi connectivity index (χ1v) is 10.2. The Morgan fingerprint density at radius 2 is 1.70 bits per heavy atom. The standard InChI is InChI=1S/C24H24N4O.ClH/c1-16-25-14-18(15-26-16)17-10-11-28(24(29)12-17)19-8-9-21-20-6-4-3-5-7-22(20)27(2)23(21)13-19;/h8-15H,3-7H2,1-2H3;1H. The minimum absolute atomic E-state index is 0. The smallest absolute Gasteiger partial charge is 0.255 e. The predicted octanol–water partition coefficient (Wildman–Crippen LogP) is 4.79. The molecule has 3 aromatic heterocycles. The summed E-state index contributed by atoms with van der Waals surface area (Å²) in [6.07, 6.45) is 11.5. The number of halogens is 1. The van der Waals surface area contributed by atoms with Gasteiger partial charge in [-0.3, -0.25) is 9.36 Å². The van der Waals surface area contributed by atoms with Crippen molar-refractivity contribution in [1.29, 1.82) is 0 Å². The molecule has 5 rings (SSSR count). The maximum absolute atomic E-state index is 12.9. The zero-order valence-corrected chi connectivity index (χ0v) is 18.1. The summed E-state index contributed by atoms with van der Waals surface area (Å²) in [6.45, 7) is 1.85. The summed E-state index contributed by atoms with van der Waals surface area (Å²) in [7, 11) is 2.15. The molecular formula is C24H25ClN4O. The first kappa shape index (κ1) is 20.4. The third-order valence-corrected chi connectivity index (χ3v) is 6.07. The highest BCUT2D eigenvalue weighted by Crippen LogP contribution is 2.31. The Bertz CT molecular complexity index is 1270. The number of rotatable bonds is 2. The second-order valence-corrected chi connectivity index (χ2v) is 7.89. The van der Waals surface area contributed by atoms with Gasteiger partial charge in [0.05, 0.1) is 11.2 Å². The maximum Gasteiger partial charge on any atom is 0.255 e. The Hall–Kier alpha value is -2.92. The van der Waals surface area contributed by atoms with Crippen molar-refractivity contribution in [3.05, 3.63) is 76.4 Å². The molecule has 0 saturated heterocycles. The zero-order chi connectivity index (χ0) is 20.0. The van der Waals surface area contributed by atoms with Crippen molar-refractivity contribution in [3.63, 3.8) is 0 Å². The van der Waals surface area contributed by atoms with E-state index in [9.17, 15) is 4.79 Å². The van der Waals surface area contributed by atoms with E-state index < -0.39 is 0 Å². The topological polar surface area (TPSA) is 52.7 Å². The number of nitrogens with zero attached hydrogens (tertiary/aromatic N) is 4. The summed E-state index contributed by atoms with van der Waals surface area (Å²) in [6, 6.07) is 9.98.